The third-order valence-corrected chi connectivity index (χ3v) is 10.1. The highest BCUT2D eigenvalue weighted by molar-refractivity contribution is 6.12. The molecule has 0 fully saturated rings. The third-order valence-electron chi connectivity index (χ3n) is 10.1. The lowest BCUT2D eigenvalue weighted by molar-refractivity contribution is 1.22. The first-order valence-corrected chi connectivity index (χ1v) is 17.0. The summed E-state index contributed by atoms with van der Waals surface area (Å²) in [6.07, 6.45) is 0. The van der Waals surface area contributed by atoms with E-state index in [2.05, 4.69) is 194 Å². The van der Waals surface area contributed by atoms with Gasteiger partial charge in [0.1, 0.15) is 0 Å². The summed E-state index contributed by atoms with van der Waals surface area (Å²) >= 11 is 0. The molecule has 0 amide bonds. The van der Waals surface area contributed by atoms with Crippen LogP contribution in [-0.2, 0) is 0 Å². The van der Waals surface area contributed by atoms with Crippen molar-refractivity contribution in [3.63, 3.8) is 0 Å². The number of benzene rings is 8. The van der Waals surface area contributed by atoms with Gasteiger partial charge in [-0.3, -0.25) is 0 Å². The minimum atomic E-state index is 1.15. The van der Waals surface area contributed by atoms with Gasteiger partial charge in [0.25, 0.3) is 0 Å². The molecule has 0 unspecified atom stereocenters. The number of hydrogen-bond donors (Lipinski definition) is 0. The summed E-state index contributed by atoms with van der Waals surface area (Å²) in [6, 6.07) is 59.8. The fourth-order valence-electron chi connectivity index (χ4n) is 7.64. The van der Waals surface area contributed by atoms with Gasteiger partial charge in [0.05, 0.1) is 5.69 Å². The summed E-state index contributed by atoms with van der Waals surface area (Å²) in [5.41, 5.74) is 16.1. The minimum absolute atomic E-state index is 1.15. The van der Waals surface area contributed by atoms with Gasteiger partial charge in [-0.15, -0.1) is 0 Å². The highest BCUT2D eigenvalue weighted by Gasteiger charge is 2.25. The fraction of sp³-hybridized carbons (Fsp3) is 0.0638. The largest absolute Gasteiger partial charge is 0.310 e. The van der Waals surface area contributed by atoms with Gasteiger partial charge in [-0.05, 0) is 160 Å². The Morgan fingerprint density at radius 3 is 1.27 bits per heavy atom. The highest BCUT2D eigenvalue weighted by Crippen LogP contribution is 2.51. The van der Waals surface area contributed by atoms with Crippen molar-refractivity contribution >= 4 is 55.7 Å². The van der Waals surface area contributed by atoms with Crippen LogP contribution in [0.1, 0.15) is 16.7 Å². The van der Waals surface area contributed by atoms with Crippen LogP contribution in [0.2, 0.25) is 0 Å². The smallest absolute Gasteiger partial charge is 0.0519 e. The molecule has 0 radical (unpaired) electrons. The first kappa shape index (κ1) is 29.1. The molecule has 0 saturated heterocycles. The van der Waals surface area contributed by atoms with Crippen molar-refractivity contribution in [2.45, 2.75) is 20.8 Å². The van der Waals surface area contributed by atoms with Crippen molar-refractivity contribution in [2.24, 2.45) is 0 Å². The predicted octanol–water partition coefficient (Wildman–Crippen LogP) is 13.5. The van der Waals surface area contributed by atoms with Crippen LogP contribution >= 0.6 is 0 Å². The Morgan fingerprint density at radius 1 is 0.306 bits per heavy atom. The van der Waals surface area contributed by atoms with E-state index in [9.17, 15) is 0 Å². The highest BCUT2D eigenvalue weighted by atomic mass is 15.1. The molecule has 2 heteroatoms. The molecule has 0 saturated carbocycles. The van der Waals surface area contributed by atoms with Crippen LogP contribution < -0.4 is 9.80 Å². The molecule has 2 nitrogen and oxygen atoms in total. The zero-order valence-electron chi connectivity index (χ0n) is 28.0. The second-order valence-corrected chi connectivity index (χ2v) is 13.2. The van der Waals surface area contributed by atoms with Gasteiger partial charge in [0, 0.05) is 28.4 Å². The first-order chi connectivity index (χ1) is 24.0. The molecule has 49 heavy (non-hydrogen) atoms. The Labute approximate surface area is 288 Å². The molecule has 1 aliphatic rings. The molecule has 8 aromatic rings. The van der Waals surface area contributed by atoms with Crippen LogP contribution in [0.5, 0.6) is 0 Å². The van der Waals surface area contributed by atoms with Gasteiger partial charge in [-0.25, -0.2) is 0 Å². The lowest BCUT2D eigenvalue weighted by atomic mass is 9.78. The standard InChI is InChI=1S/C47H36N2/c1-31-13-10-11-20-46(31)48(38-16-6-4-7-17-38)40-23-21-34-27-42-44(29-36(34)25-40)43-28-35-22-24-41(26-37(35)30-45(42)43)49(39-18-8-5-9-19-39)47-32(2)14-12-15-33(47)3/h4-30H,1-3H3. The average Bonchev–Trinajstić information content (AvgIpc) is 3.13. The lowest BCUT2D eigenvalue weighted by Gasteiger charge is -2.30. The molecule has 1 aliphatic carbocycles. The van der Waals surface area contributed by atoms with Crippen LogP contribution in [-0.4, -0.2) is 0 Å². The van der Waals surface area contributed by atoms with Crippen LogP contribution in [0.25, 0.3) is 43.8 Å². The number of hydrogen-bond acceptors (Lipinski definition) is 2. The Kier molecular flexibility index (Phi) is 6.84. The fourth-order valence-corrected chi connectivity index (χ4v) is 7.64. The maximum absolute atomic E-state index is 2.40. The van der Waals surface area contributed by atoms with E-state index in [1.54, 1.807) is 0 Å². The van der Waals surface area contributed by atoms with Crippen LogP contribution in [0, 0.1) is 20.8 Å². The Bertz CT molecular complexity index is 2510. The maximum Gasteiger partial charge on any atom is 0.0519 e. The number of anilines is 6. The van der Waals surface area contributed by atoms with Crippen molar-refractivity contribution in [2.75, 3.05) is 9.80 Å². The second-order valence-electron chi connectivity index (χ2n) is 13.2. The Hall–Kier alpha value is -6.12. The first-order valence-electron chi connectivity index (χ1n) is 17.0. The lowest BCUT2D eigenvalue weighted by Crippen LogP contribution is -2.12. The molecule has 0 spiro atoms. The molecule has 0 atom stereocenters. The molecule has 8 aromatic carbocycles. The van der Waals surface area contributed by atoms with Crippen molar-refractivity contribution in [1.82, 2.24) is 0 Å². The van der Waals surface area contributed by atoms with Gasteiger partial charge in [-0.1, -0.05) is 84.9 Å². The summed E-state index contributed by atoms with van der Waals surface area (Å²) in [7, 11) is 0. The molecular weight excluding hydrogens is 593 g/mol. The van der Waals surface area contributed by atoms with Crippen LogP contribution in [0.15, 0.2) is 164 Å². The van der Waals surface area contributed by atoms with Gasteiger partial charge in [0.15, 0.2) is 0 Å². The zero-order chi connectivity index (χ0) is 33.1. The van der Waals surface area contributed by atoms with Crippen LogP contribution in [0.3, 0.4) is 0 Å². The van der Waals surface area contributed by atoms with E-state index in [0.717, 1.165) is 17.1 Å². The molecule has 0 aromatic heterocycles. The zero-order valence-corrected chi connectivity index (χ0v) is 28.0. The van der Waals surface area contributed by atoms with Crippen molar-refractivity contribution in [1.29, 1.82) is 0 Å². The molecule has 234 valence electrons. The van der Waals surface area contributed by atoms with Crippen LogP contribution in [0.4, 0.5) is 34.1 Å². The van der Waals surface area contributed by atoms with E-state index in [4.69, 9.17) is 0 Å². The second kappa shape index (κ2) is 11.5. The molecule has 9 rings (SSSR count). The van der Waals surface area contributed by atoms with E-state index >= 15 is 0 Å². The maximum atomic E-state index is 2.40. The number of fused-ring (bicyclic) bond motifs is 6. The summed E-state index contributed by atoms with van der Waals surface area (Å²) in [4.78, 5) is 4.77. The minimum Gasteiger partial charge on any atom is -0.310 e. The number of para-hydroxylation sites is 4. The SMILES string of the molecule is Cc1ccccc1N(c1ccccc1)c1ccc2cc3c(cc2c1)-c1cc2ccc(N(c4ccccc4)c4c(C)cccc4C)cc2cc1-3. The quantitative estimate of drug-likeness (QED) is 0.181. The molecule has 0 bridgehead atoms. The van der Waals surface area contributed by atoms with E-state index in [1.165, 1.54) is 77.6 Å². The van der Waals surface area contributed by atoms with Gasteiger partial charge in [-0.2, -0.15) is 0 Å². The molecule has 0 N–H and O–H groups in total. The Morgan fingerprint density at radius 2 is 0.735 bits per heavy atom. The van der Waals surface area contributed by atoms with Crippen molar-refractivity contribution < 1.29 is 0 Å². The number of nitrogens with zero attached hydrogens (tertiary/aromatic N) is 2. The van der Waals surface area contributed by atoms with Gasteiger partial charge < -0.3 is 9.80 Å². The van der Waals surface area contributed by atoms with Crippen molar-refractivity contribution in [3.05, 3.63) is 180 Å². The Balaban J connectivity index is 1.13. The summed E-state index contributed by atoms with van der Waals surface area (Å²) in [6.45, 7) is 6.59. The van der Waals surface area contributed by atoms with Gasteiger partial charge in [0.2, 0.25) is 0 Å². The van der Waals surface area contributed by atoms with E-state index in [1.807, 2.05) is 0 Å². The molecular formula is C47H36N2. The van der Waals surface area contributed by atoms with E-state index < -0.39 is 0 Å². The third kappa shape index (κ3) is 4.88. The topological polar surface area (TPSA) is 6.48 Å². The molecule has 0 aliphatic heterocycles. The summed E-state index contributed by atoms with van der Waals surface area (Å²) < 4.78 is 0. The number of aryl methyl sites for hydroxylation is 3. The van der Waals surface area contributed by atoms with E-state index in [-0.39, 0.29) is 0 Å². The molecule has 0 heterocycles. The monoisotopic (exact) mass is 628 g/mol. The summed E-state index contributed by atoms with van der Waals surface area (Å²) in [5.74, 6) is 0. The van der Waals surface area contributed by atoms with Crippen molar-refractivity contribution in [3.8, 4) is 22.3 Å². The number of rotatable bonds is 6. The van der Waals surface area contributed by atoms with Gasteiger partial charge >= 0.3 is 0 Å². The normalized spacial score (nSPS) is 11.6. The summed E-state index contributed by atoms with van der Waals surface area (Å²) in [5, 5.41) is 5.01. The predicted molar refractivity (Wildman–Crippen MR) is 209 cm³/mol. The van der Waals surface area contributed by atoms with E-state index in [0.29, 0.717) is 0 Å². The average molecular weight is 629 g/mol.